The summed E-state index contributed by atoms with van der Waals surface area (Å²) in [6.07, 6.45) is 12.0. The summed E-state index contributed by atoms with van der Waals surface area (Å²) in [4.78, 5) is 28.7. The van der Waals surface area contributed by atoms with Crippen LogP contribution in [-0.2, 0) is 12.8 Å². The van der Waals surface area contributed by atoms with Gasteiger partial charge >= 0.3 is 0 Å². The van der Waals surface area contributed by atoms with Crippen molar-refractivity contribution in [1.29, 1.82) is 0 Å². The summed E-state index contributed by atoms with van der Waals surface area (Å²) in [6, 6.07) is 48.4. The van der Waals surface area contributed by atoms with Crippen LogP contribution in [0.1, 0.15) is 73.9 Å². The molecule has 6 N–H and O–H groups in total. The Balaban J connectivity index is 1.19. The third-order valence-electron chi connectivity index (χ3n) is 13.8. The van der Waals surface area contributed by atoms with Gasteiger partial charge in [0.05, 0.1) is 39.7 Å². The summed E-state index contributed by atoms with van der Waals surface area (Å²) < 4.78 is 0. The van der Waals surface area contributed by atoms with E-state index in [0.29, 0.717) is 107 Å². The fourth-order valence-electron chi connectivity index (χ4n) is 9.80. The average molecular weight is 997 g/mol. The maximum atomic E-state index is 12.3. The van der Waals surface area contributed by atoms with E-state index in [-0.39, 0.29) is 47.3 Å². The molecule has 2 atom stereocenters. The van der Waals surface area contributed by atoms with E-state index in [1.807, 2.05) is 60.7 Å². The predicted octanol–water partition coefficient (Wildman–Crippen LogP) is 14.0. The minimum atomic E-state index is -0.743. The van der Waals surface area contributed by atoms with Crippen molar-refractivity contribution in [2.24, 2.45) is 30.0 Å². The Morgan fingerprint density at radius 2 is 0.697 bits per heavy atom. The van der Waals surface area contributed by atoms with Crippen molar-refractivity contribution in [3.63, 3.8) is 0 Å². The summed E-state index contributed by atoms with van der Waals surface area (Å²) in [6.45, 7) is 0. The second kappa shape index (κ2) is 21.1. The van der Waals surface area contributed by atoms with E-state index >= 15 is 0 Å². The van der Waals surface area contributed by atoms with Crippen molar-refractivity contribution in [3.8, 4) is 28.7 Å². The van der Waals surface area contributed by atoms with Crippen molar-refractivity contribution in [2.75, 3.05) is 0 Å². The minimum absolute atomic E-state index is 0.0344. The van der Waals surface area contributed by atoms with Crippen LogP contribution in [0.5, 0.6) is 28.7 Å². The van der Waals surface area contributed by atoms with Gasteiger partial charge in [-0.15, -0.1) is 0 Å². The lowest BCUT2D eigenvalue weighted by Crippen LogP contribution is -2.13. The Morgan fingerprint density at radius 3 is 1.12 bits per heavy atom. The standard InChI is InChI=1S/C64H48N6O6/c71-59-39-13-7-15-41(59)33-65-53-25-1-2-26-54(53)66-34-42-16-8-14-40(60(42)72)32-52-49-23-11-19-45(63(49)75)37-69-57-29-5-3-27-55(57)67-35-43-17-9-21-47(61(43)73)51(31-39)48-22-10-18-44(62(48)74)36-68-56-28-4-6-30-58(56)70-38-46-20-12-24-50(52)64(46)76/h1-23,25-30,33-37,51-52,71-76H,24,31-32H2. The molecule has 12 heteroatoms. The smallest absolute Gasteiger partial charge is 0.132 e. The molecule has 12 rings (SSSR count). The number of aliphatic hydroxyl groups is 1. The van der Waals surface area contributed by atoms with E-state index in [1.165, 1.54) is 0 Å². The van der Waals surface area contributed by atoms with Gasteiger partial charge in [0.2, 0.25) is 0 Å². The van der Waals surface area contributed by atoms with Gasteiger partial charge in [-0.1, -0.05) is 103 Å². The lowest BCUT2D eigenvalue weighted by atomic mass is 9.80. The lowest BCUT2D eigenvalue weighted by Gasteiger charge is -2.25. The molecule has 0 saturated heterocycles. The van der Waals surface area contributed by atoms with Crippen LogP contribution in [0, 0.1) is 0 Å². The molecule has 0 saturated carbocycles. The fraction of sp³-hybridized carbons (Fsp3) is 0.0781. The number of aliphatic imine (C=N–C) groups is 6. The molecular formula is C64H48N6O6. The Bertz CT molecular complexity index is 3900. The number of para-hydroxylation sites is 11. The zero-order chi connectivity index (χ0) is 52.1. The summed E-state index contributed by atoms with van der Waals surface area (Å²) in [5, 5.41) is 73.3. The van der Waals surface area contributed by atoms with Crippen molar-refractivity contribution < 1.29 is 30.6 Å². The Kier molecular flexibility index (Phi) is 13.4. The van der Waals surface area contributed by atoms with E-state index in [9.17, 15) is 30.6 Å². The molecule has 1 aliphatic carbocycles. The maximum absolute atomic E-state index is 12.3. The van der Waals surface area contributed by atoms with Crippen molar-refractivity contribution in [1.82, 2.24) is 0 Å². The Labute approximate surface area is 438 Å². The fourth-order valence-corrected chi connectivity index (χ4v) is 9.80. The first-order valence-electron chi connectivity index (χ1n) is 24.7. The first-order chi connectivity index (χ1) is 37.2. The van der Waals surface area contributed by atoms with E-state index in [2.05, 4.69) is 5.87 Å². The maximum Gasteiger partial charge on any atom is 0.132 e. The number of allylic oxidation sites excluding steroid dienone is 3. The molecule has 12 nitrogen and oxygen atoms in total. The van der Waals surface area contributed by atoms with Gasteiger partial charge in [-0.25, -0.2) is 4.99 Å². The summed E-state index contributed by atoms with van der Waals surface area (Å²) >= 11 is 0. The highest BCUT2D eigenvalue weighted by Crippen LogP contribution is 2.45. The van der Waals surface area contributed by atoms with Crippen molar-refractivity contribution in [2.45, 2.75) is 31.1 Å². The molecule has 4 aliphatic rings. The highest BCUT2D eigenvalue weighted by molar-refractivity contribution is 5.93. The first-order valence-corrected chi connectivity index (χ1v) is 24.7. The second-order valence-electron chi connectivity index (χ2n) is 18.5. The van der Waals surface area contributed by atoms with Crippen LogP contribution < -0.4 is 0 Å². The Morgan fingerprint density at radius 1 is 0.355 bits per heavy atom. The van der Waals surface area contributed by atoms with Crippen molar-refractivity contribution >= 4 is 71.1 Å². The highest BCUT2D eigenvalue weighted by Gasteiger charge is 2.29. The molecule has 0 radical (unpaired) electrons. The first kappa shape index (κ1) is 48.1. The van der Waals surface area contributed by atoms with Crippen molar-refractivity contribution in [3.05, 3.63) is 248 Å². The monoisotopic (exact) mass is 996 g/mol. The van der Waals surface area contributed by atoms with Crippen LogP contribution in [0.25, 0.3) is 0 Å². The van der Waals surface area contributed by atoms with E-state index < -0.39 is 11.8 Å². The van der Waals surface area contributed by atoms with Gasteiger partial charge in [0, 0.05) is 87.4 Å². The largest absolute Gasteiger partial charge is 0.507 e. The van der Waals surface area contributed by atoms with E-state index in [4.69, 9.17) is 30.0 Å². The molecule has 8 aromatic carbocycles. The Hall–Kier alpha value is -10.2. The highest BCUT2D eigenvalue weighted by atomic mass is 16.3. The molecule has 8 aromatic rings. The van der Waals surface area contributed by atoms with Gasteiger partial charge in [-0.3, -0.25) is 25.0 Å². The van der Waals surface area contributed by atoms with Crippen LogP contribution in [0.2, 0.25) is 0 Å². The minimum Gasteiger partial charge on any atom is -0.507 e. The van der Waals surface area contributed by atoms with Gasteiger partial charge in [0.25, 0.3) is 0 Å². The number of phenolic OH excluding ortho intramolecular Hbond substituents is 5. The second-order valence-corrected chi connectivity index (χ2v) is 18.5. The molecule has 370 valence electrons. The third kappa shape index (κ3) is 9.74. The third-order valence-corrected chi connectivity index (χ3v) is 13.8. The molecule has 3 heterocycles. The molecule has 0 fully saturated rings. The summed E-state index contributed by atoms with van der Waals surface area (Å²) in [5.41, 5.74) is 8.08. The molecule has 14 bridgehead atoms. The summed E-state index contributed by atoms with van der Waals surface area (Å²) in [7, 11) is 0. The SMILES string of the molecule is OC1=C2CC=CC1=C=Nc1ccccc1N=Cc1cccc(c1O)C1Cc3cccc(c3O)C=Nc3ccccc3N=Cc3cccc(c3O)CC2c2cccc(c2O)C=Nc2ccccc2N=Cc2cccc1c2O. The zero-order valence-corrected chi connectivity index (χ0v) is 40.8. The summed E-state index contributed by atoms with van der Waals surface area (Å²) in [5.74, 6) is 1.21. The molecule has 2 unspecified atom stereocenters. The average Bonchev–Trinajstić information content (AvgIpc) is 3.47. The predicted molar refractivity (Wildman–Crippen MR) is 302 cm³/mol. The van der Waals surface area contributed by atoms with Gasteiger partial charge in [0.1, 0.15) is 34.5 Å². The number of hydrogen-bond acceptors (Lipinski definition) is 12. The number of nitrogens with zero attached hydrogens (tertiary/aromatic N) is 6. The van der Waals surface area contributed by atoms with Gasteiger partial charge in [0.15, 0.2) is 0 Å². The van der Waals surface area contributed by atoms with Gasteiger partial charge < -0.3 is 30.6 Å². The topological polar surface area (TPSA) is 196 Å². The lowest BCUT2D eigenvalue weighted by molar-refractivity contribution is 0.407. The molecular weight excluding hydrogens is 949 g/mol. The quantitative estimate of drug-likeness (QED) is 0.0874. The van der Waals surface area contributed by atoms with E-state index in [1.54, 1.807) is 146 Å². The number of rotatable bonds is 0. The molecule has 3 aliphatic heterocycles. The van der Waals surface area contributed by atoms with Crippen LogP contribution in [0.15, 0.2) is 223 Å². The zero-order valence-electron chi connectivity index (χ0n) is 40.8. The molecule has 0 aromatic heterocycles. The molecule has 0 amide bonds. The molecule has 0 spiro atoms. The van der Waals surface area contributed by atoms with Gasteiger partial charge in [-0.05, 0) is 115 Å². The number of phenols is 5. The van der Waals surface area contributed by atoms with Crippen LogP contribution >= 0.6 is 0 Å². The normalized spacial score (nSPS) is 16.0. The van der Waals surface area contributed by atoms with Crippen LogP contribution in [0.3, 0.4) is 0 Å². The van der Waals surface area contributed by atoms with Crippen LogP contribution in [-0.4, -0.2) is 67.6 Å². The molecule has 76 heavy (non-hydrogen) atoms. The van der Waals surface area contributed by atoms with Gasteiger partial charge in [-0.2, -0.15) is 0 Å². The van der Waals surface area contributed by atoms with E-state index in [0.717, 1.165) is 0 Å². The number of aromatic hydroxyl groups is 5. The van der Waals surface area contributed by atoms with Crippen LogP contribution in [0.4, 0.5) is 34.1 Å². The number of benzene rings is 8. The number of hydrogen-bond donors (Lipinski definition) is 6. The number of aliphatic hydroxyl groups excluding tert-OH is 1.